The number of aryl methyl sites for hydroxylation is 2. The van der Waals surface area contributed by atoms with Crippen molar-refractivity contribution in [3.05, 3.63) is 58.7 Å². The number of carbonyl (C=O) groups is 1. The summed E-state index contributed by atoms with van der Waals surface area (Å²) in [4.78, 5) is 11.4. The number of methoxy groups -OCH3 is 1. The number of hydrogen-bond acceptors (Lipinski definition) is 4. The average molecular weight is 337 g/mol. The summed E-state index contributed by atoms with van der Waals surface area (Å²) >= 11 is 0. The molecule has 0 aliphatic carbocycles. The minimum atomic E-state index is -1.08. The van der Waals surface area contributed by atoms with Gasteiger partial charge in [-0.25, -0.2) is 13.6 Å². The van der Waals surface area contributed by atoms with E-state index in [-0.39, 0.29) is 28.7 Å². The van der Waals surface area contributed by atoms with Crippen molar-refractivity contribution in [1.29, 1.82) is 0 Å². The number of anilines is 1. The lowest BCUT2D eigenvalue weighted by molar-refractivity contribution is 0.140. The fourth-order valence-corrected chi connectivity index (χ4v) is 2.09. The molecule has 0 aliphatic rings. The van der Waals surface area contributed by atoms with Crippen LogP contribution in [0.3, 0.4) is 0 Å². The second-order valence-corrected chi connectivity index (χ2v) is 5.17. The predicted molar refractivity (Wildman–Crippen MR) is 83.3 cm³/mol. The van der Waals surface area contributed by atoms with E-state index in [4.69, 9.17) is 4.74 Å². The zero-order valence-corrected chi connectivity index (χ0v) is 13.5. The molecule has 0 aromatic heterocycles. The second kappa shape index (κ2) is 7.27. The molecule has 0 bridgehead atoms. The fourth-order valence-electron chi connectivity index (χ4n) is 2.09. The average Bonchev–Trinajstić information content (AvgIpc) is 2.56. The van der Waals surface area contributed by atoms with E-state index in [1.165, 1.54) is 24.3 Å². The number of ether oxygens (including phenoxy) is 2. The van der Waals surface area contributed by atoms with Crippen LogP contribution in [0.15, 0.2) is 30.3 Å². The van der Waals surface area contributed by atoms with Gasteiger partial charge in [-0.05, 0) is 49.2 Å². The Bertz CT molecular complexity index is 764. The summed E-state index contributed by atoms with van der Waals surface area (Å²) < 4.78 is 37.7. The van der Waals surface area contributed by atoms with E-state index in [9.17, 15) is 18.8 Å². The van der Waals surface area contributed by atoms with Crippen LogP contribution in [0.2, 0.25) is 0 Å². The Labute approximate surface area is 138 Å². The van der Waals surface area contributed by atoms with Crippen molar-refractivity contribution < 1.29 is 28.3 Å². The number of hydrogen-bond donors (Lipinski definition) is 1. The van der Waals surface area contributed by atoms with Crippen molar-refractivity contribution in [2.45, 2.75) is 20.5 Å². The number of amides is 1. The molecule has 128 valence electrons. The monoisotopic (exact) mass is 337 g/mol. The highest BCUT2D eigenvalue weighted by atomic mass is 19.1. The molecule has 1 N–H and O–H groups in total. The number of benzene rings is 2. The highest BCUT2D eigenvalue weighted by Crippen LogP contribution is 2.27. The third-order valence-electron chi connectivity index (χ3n) is 3.59. The molecule has 1 amide bonds. The number of hydroxylamine groups is 1. The number of halogens is 2. The van der Waals surface area contributed by atoms with Gasteiger partial charge in [-0.3, -0.25) is 5.21 Å². The van der Waals surface area contributed by atoms with Gasteiger partial charge in [-0.15, -0.1) is 0 Å². The topological polar surface area (TPSA) is 59.0 Å². The van der Waals surface area contributed by atoms with E-state index in [1.807, 2.05) is 0 Å². The van der Waals surface area contributed by atoms with Crippen LogP contribution in [0.4, 0.5) is 19.3 Å². The van der Waals surface area contributed by atoms with Crippen LogP contribution in [-0.2, 0) is 11.3 Å². The van der Waals surface area contributed by atoms with Crippen LogP contribution in [0.1, 0.15) is 16.7 Å². The first-order valence-electron chi connectivity index (χ1n) is 7.09. The van der Waals surface area contributed by atoms with Gasteiger partial charge in [-0.1, -0.05) is 6.07 Å². The van der Waals surface area contributed by atoms with Crippen molar-refractivity contribution in [2.24, 2.45) is 0 Å². The van der Waals surface area contributed by atoms with Crippen LogP contribution >= 0.6 is 0 Å². The van der Waals surface area contributed by atoms with Crippen LogP contribution in [0, 0.1) is 25.5 Å². The van der Waals surface area contributed by atoms with Crippen molar-refractivity contribution in [2.75, 3.05) is 12.2 Å². The van der Waals surface area contributed by atoms with Crippen molar-refractivity contribution in [3.63, 3.8) is 0 Å². The van der Waals surface area contributed by atoms with Gasteiger partial charge in [0.15, 0.2) is 11.6 Å². The molecule has 0 saturated carbocycles. The molecule has 5 nitrogen and oxygen atoms in total. The second-order valence-electron chi connectivity index (χ2n) is 5.17. The maximum atomic E-state index is 14.1. The Morgan fingerprint density at radius 2 is 1.83 bits per heavy atom. The van der Waals surface area contributed by atoms with Crippen LogP contribution in [-0.4, -0.2) is 18.4 Å². The zero-order valence-electron chi connectivity index (χ0n) is 13.5. The van der Waals surface area contributed by atoms with E-state index in [2.05, 4.69) is 4.74 Å². The molecule has 0 spiro atoms. The van der Waals surface area contributed by atoms with Crippen molar-refractivity contribution in [1.82, 2.24) is 0 Å². The molecule has 0 unspecified atom stereocenters. The lowest BCUT2D eigenvalue weighted by Gasteiger charge is -2.18. The minimum absolute atomic E-state index is 0.0464. The van der Waals surface area contributed by atoms with Gasteiger partial charge >= 0.3 is 6.09 Å². The molecule has 7 heteroatoms. The Morgan fingerprint density at radius 1 is 1.17 bits per heavy atom. The first kappa shape index (κ1) is 17.7. The summed E-state index contributed by atoms with van der Waals surface area (Å²) in [5.74, 6) is -1.33. The smallest absolute Gasteiger partial charge is 0.438 e. The summed E-state index contributed by atoms with van der Waals surface area (Å²) in [6, 6.07) is 6.60. The Kier molecular flexibility index (Phi) is 5.35. The van der Waals surface area contributed by atoms with Gasteiger partial charge in [0.1, 0.15) is 12.4 Å². The van der Waals surface area contributed by atoms with Gasteiger partial charge in [0.05, 0.1) is 18.4 Å². The number of carbonyl (C=O) groups excluding carboxylic acids is 1. The SMILES string of the molecule is COC(=O)N(O)c1cccc(F)c1COc1cc(C)c(C)cc1F. The lowest BCUT2D eigenvalue weighted by atomic mass is 10.1. The zero-order chi connectivity index (χ0) is 17.9. The van der Waals surface area contributed by atoms with E-state index in [1.54, 1.807) is 13.8 Å². The van der Waals surface area contributed by atoms with E-state index in [0.717, 1.165) is 24.3 Å². The quantitative estimate of drug-likeness (QED) is 0.673. The highest BCUT2D eigenvalue weighted by molar-refractivity contribution is 5.85. The van der Waals surface area contributed by atoms with Crippen molar-refractivity contribution in [3.8, 4) is 5.75 Å². The molecule has 0 atom stereocenters. The van der Waals surface area contributed by atoms with Gasteiger partial charge in [0.2, 0.25) is 0 Å². The Balaban J connectivity index is 2.30. The molecular formula is C17H17F2NO4. The first-order valence-corrected chi connectivity index (χ1v) is 7.09. The molecule has 2 aromatic rings. The Morgan fingerprint density at radius 3 is 2.50 bits per heavy atom. The van der Waals surface area contributed by atoms with E-state index < -0.39 is 17.7 Å². The van der Waals surface area contributed by atoms with Crippen LogP contribution in [0.5, 0.6) is 5.75 Å². The summed E-state index contributed by atoms with van der Waals surface area (Å²) in [6.45, 7) is 3.18. The van der Waals surface area contributed by atoms with Crippen LogP contribution < -0.4 is 9.80 Å². The van der Waals surface area contributed by atoms with Gasteiger partial charge in [0.25, 0.3) is 0 Å². The summed E-state index contributed by atoms with van der Waals surface area (Å²) in [7, 11) is 1.07. The molecule has 2 rings (SSSR count). The van der Waals surface area contributed by atoms with Gasteiger partial charge in [-0.2, -0.15) is 5.06 Å². The number of nitrogens with zero attached hydrogens (tertiary/aromatic N) is 1. The maximum absolute atomic E-state index is 14.1. The molecule has 0 heterocycles. The molecule has 2 aromatic carbocycles. The first-order chi connectivity index (χ1) is 11.3. The molecule has 0 saturated heterocycles. The lowest BCUT2D eigenvalue weighted by Crippen LogP contribution is -2.28. The summed E-state index contributed by atoms with van der Waals surface area (Å²) in [5, 5.41) is 9.95. The minimum Gasteiger partial charge on any atom is -0.486 e. The molecule has 0 fully saturated rings. The third kappa shape index (κ3) is 3.62. The molecule has 0 aliphatic heterocycles. The molecule has 24 heavy (non-hydrogen) atoms. The fraction of sp³-hybridized carbons (Fsp3) is 0.235. The standard InChI is InChI=1S/C17H17F2NO4/c1-10-7-14(19)16(8-11(10)2)24-9-12-13(18)5-4-6-15(12)20(22)17(21)23-3/h4-8,22H,9H2,1-3H3. The maximum Gasteiger partial charge on any atom is 0.438 e. The molecular weight excluding hydrogens is 320 g/mol. The van der Waals surface area contributed by atoms with Crippen molar-refractivity contribution >= 4 is 11.8 Å². The van der Waals surface area contributed by atoms with Gasteiger partial charge in [0, 0.05) is 0 Å². The summed E-state index contributed by atoms with van der Waals surface area (Å²) in [6.07, 6.45) is -1.08. The van der Waals surface area contributed by atoms with Gasteiger partial charge < -0.3 is 9.47 Å². The van der Waals surface area contributed by atoms with E-state index in [0.29, 0.717) is 0 Å². The molecule has 0 radical (unpaired) electrons. The van der Waals surface area contributed by atoms with E-state index >= 15 is 0 Å². The number of rotatable bonds is 4. The summed E-state index contributed by atoms with van der Waals surface area (Å²) in [5.41, 5.74) is 1.33. The highest BCUT2D eigenvalue weighted by Gasteiger charge is 2.20. The Hall–Kier alpha value is -2.67. The predicted octanol–water partition coefficient (Wildman–Crippen LogP) is 4.12. The largest absolute Gasteiger partial charge is 0.486 e. The third-order valence-corrected chi connectivity index (χ3v) is 3.59. The van der Waals surface area contributed by atoms with Crippen LogP contribution in [0.25, 0.3) is 0 Å². The normalized spacial score (nSPS) is 10.4.